The molecule has 2 rings (SSSR count). The number of hydrogen-bond acceptors (Lipinski definition) is 4. The van der Waals surface area contributed by atoms with Gasteiger partial charge < -0.3 is 5.11 Å². The van der Waals surface area contributed by atoms with Crippen molar-refractivity contribution in [3.05, 3.63) is 41.7 Å². The van der Waals surface area contributed by atoms with E-state index < -0.39 is 11.9 Å². The lowest BCUT2D eigenvalue weighted by Crippen LogP contribution is -2.03. The maximum atomic E-state index is 12.9. The molecule has 2 aromatic heterocycles. The van der Waals surface area contributed by atoms with Gasteiger partial charge in [-0.2, -0.15) is 0 Å². The second kappa shape index (κ2) is 4.36. The van der Waals surface area contributed by atoms with Crippen molar-refractivity contribution in [2.45, 2.75) is 12.5 Å². The number of aliphatic hydroxyl groups is 1. The van der Waals surface area contributed by atoms with Crippen LogP contribution in [0.15, 0.2) is 24.7 Å². The Labute approximate surface area is 91.6 Å². The van der Waals surface area contributed by atoms with Crippen LogP contribution in [0.1, 0.15) is 17.4 Å². The highest BCUT2D eigenvalue weighted by Gasteiger charge is 2.11. The molecule has 5 nitrogen and oxygen atoms in total. The Bertz CT molecular complexity index is 485. The lowest BCUT2D eigenvalue weighted by Gasteiger charge is -2.07. The molecule has 84 valence electrons. The molecule has 0 aromatic carbocycles. The molecule has 1 atom stereocenters. The van der Waals surface area contributed by atoms with Gasteiger partial charge in [0.2, 0.25) is 0 Å². The number of aromatic nitrogens is 4. The number of nitrogens with zero attached hydrogens (tertiary/aromatic N) is 4. The van der Waals surface area contributed by atoms with E-state index in [9.17, 15) is 9.50 Å². The van der Waals surface area contributed by atoms with E-state index in [0.29, 0.717) is 17.7 Å². The van der Waals surface area contributed by atoms with Crippen molar-refractivity contribution >= 4 is 0 Å². The molecule has 16 heavy (non-hydrogen) atoms. The molecular weight excluding hydrogens is 211 g/mol. The maximum absolute atomic E-state index is 12.9. The Morgan fingerprint density at radius 3 is 2.94 bits per heavy atom. The van der Waals surface area contributed by atoms with E-state index in [1.165, 1.54) is 12.3 Å². The fourth-order valence-corrected chi connectivity index (χ4v) is 1.42. The normalized spacial score (nSPS) is 12.7. The highest BCUT2D eigenvalue weighted by atomic mass is 19.1. The average molecular weight is 222 g/mol. The van der Waals surface area contributed by atoms with Crippen LogP contribution in [0, 0.1) is 5.82 Å². The summed E-state index contributed by atoms with van der Waals surface area (Å²) in [6.45, 7) is 0. The highest BCUT2D eigenvalue weighted by Crippen LogP contribution is 2.16. The zero-order chi connectivity index (χ0) is 11.5. The molecule has 0 aliphatic carbocycles. The summed E-state index contributed by atoms with van der Waals surface area (Å²) in [6, 6.07) is 1.26. The number of aliphatic hydroxyl groups excluding tert-OH is 1. The van der Waals surface area contributed by atoms with Gasteiger partial charge in [-0.3, -0.25) is 9.67 Å². The Hall–Kier alpha value is -1.82. The minimum absolute atomic E-state index is 0.291. The highest BCUT2D eigenvalue weighted by molar-refractivity contribution is 5.15. The van der Waals surface area contributed by atoms with Crippen LogP contribution in [-0.2, 0) is 13.5 Å². The molecular formula is C10H11FN4O. The fraction of sp³-hybridized carbons (Fsp3) is 0.300. The van der Waals surface area contributed by atoms with E-state index >= 15 is 0 Å². The Balaban J connectivity index is 2.11. The summed E-state index contributed by atoms with van der Waals surface area (Å²) in [6.07, 6.45) is 3.71. The monoisotopic (exact) mass is 222 g/mol. The standard InChI is InChI=1S/C10H11FN4O/c1-15-6-9(13-14-15)3-10(16)7-2-8(11)5-12-4-7/h2,4-6,10,16H,3H2,1H3. The van der Waals surface area contributed by atoms with Crippen molar-refractivity contribution in [2.75, 3.05) is 0 Å². The van der Waals surface area contributed by atoms with E-state index in [1.54, 1.807) is 17.9 Å². The van der Waals surface area contributed by atoms with Gasteiger partial charge in [0.1, 0.15) is 5.82 Å². The molecule has 0 amide bonds. The molecule has 0 aliphatic rings. The average Bonchev–Trinajstić information content (AvgIpc) is 2.64. The van der Waals surface area contributed by atoms with Crippen LogP contribution in [0.5, 0.6) is 0 Å². The first kappa shape index (κ1) is 10.7. The van der Waals surface area contributed by atoms with Gasteiger partial charge in [0, 0.05) is 31.4 Å². The van der Waals surface area contributed by atoms with Gasteiger partial charge in [0.05, 0.1) is 18.0 Å². The van der Waals surface area contributed by atoms with Crippen LogP contribution >= 0.6 is 0 Å². The summed E-state index contributed by atoms with van der Waals surface area (Å²) in [4.78, 5) is 3.68. The molecule has 1 N–H and O–H groups in total. The minimum Gasteiger partial charge on any atom is -0.388 e. The number of aryl methyl sites for hydroxylation is 1. The van der Waals surface area contributed by atoms with Crippen LogP contribution in [0.4, 0.5) is 4.39 Å². The summed E-state index contributed by atoms with van der Waals surface area (Å²) in [5.74, 6) is -0.462. The second-order valence-electron chi connectivity index (χ2n) is 3.54. The third-order valence-electron chi connectivity index (χ3n) is 2.16. The van der Waals surface area contributed by atoms with Crippen LogP contribution in [-0.4, -0.2) is 25.1 Å². The summed E-state index contributed by atoms with van der Waals surface area (Å²) >= 11 is 0. The fourth-order valence-electron chi connectivity index (χ4n) is 1.42. The van der Waals surface area contributed by atoms with Crippen LogP contribution in [0.3, 0.4) is 0 Å². The SMILES string of the molecule is Cn1cc(CC(O)c2cncc(F)c2)nn1. The van der Waals surface area contributed by atoms with E-state index in [2.05, 4.69) is 15.3 Å². The van der Waals surface area contributed by atoms with E-state index in [4.69, 9.17) is 0 Å². The first-order chi connectivity index (χ1) is 7.65. The summed E-state index contributed by atoms with van der Waals surface area (Å²) in [5.41, 5.74) is 1.09. The summed E-state index contributed by atoms with van der Waals surface area (Å²) in [5, 5.41) is 17.4. The molecule has 0 fully saturated rings. The molecule has 0 spiro atoms. The predicted molar refractivity (Wildman–Crippen MR) is 53.9 cm³/mol. The van der Waals surface area contributed by atoms with Gasteiger partial charge in [0.15, 0.2) is 0 Å². The first-order valence-electron chi connectivity index (χ1n) is 4.79. The molecule has 0 aliphatic heterocycles. The molecule has 0 radical (unpaired) electrons. The lowest BCUT2D eigenvalue weighted by atomic mass is 10.1. The molecule has 0 saturated heterocycles. The molecule has 0 bridgehead atoms. The topological polar surface area (TPSA) is 63.8 Å². The maximum Gasteiger partial charge on any atom is 0.141 e. The second-order valence-corrected chi connectivity index (χ2v) is 3.54. The number of pyridine rings is 1. The smallest absolute Gasteiger partial charge is 0.141 e. The van der Waals surface area contributed by atoms with Gasteiger partial charge in [-0.15, -0.1) is 5.10 Å². The van der Waals surface area contributed by atoms with Gasteiger partial charge in [-0.1, -0.05) is 5.21 Å². The van der Waals surface area contributed by atoms with Crippen LogP contribution in [0.25, 0.3) is 0 Å². The summed E-state index contributed by atoms with van der Waals surface area (Å²) in [7, 11) is 1.74. The number of hydrogen-bond donors (Lipinski definition) is 1. The van der Waals surface area contributed by atoms with Gasteiger partial charge in [-0.05, 0) is 6.07 Å². The third-order valence-corrected chi connectivity index (χ3v) is 2.16. The van der Waals surface area contributed by atoms with Crippen LogP contribution < -0.4 is 0 Å². The Morgan fingerprint density at radius 1 is 1.50 bits per heavy atom. The molecule has 1 unspecified atom stereocenters. The largest absolute Gasteiger partial charge is 0.388 e. The zero-order valence-electron chi connectivity index (χ0n) is 8.71. The van der Waals surface area contributed by atoms with Gasteiger partial charge in [-0.25, -0.2) is 4.39 Å². The zero-order valence-corrected chi connectivity index (χ0v) is 8.71. The number of rotatable bonds is 3. The van der Waals surface area contributed by atoms with Gasteiger partial charge >= 0.3 is 0 Å². The molecule has 2 heterocycles. The van der Waals surface area contributed by atoms with Crippen molar-refractivity contribution in [1.82, 2.24) is 20.0 Å². The summed E-state index contributed by atoms with van der Waals surface area (Å²) < 4.78 is 14.4. The van der Waals surface area contributed by atoms with Crippen LogP contribution in [0.2, 0.25) is 0 Å². The minimum atomic E-state index is -0.820. The van der Waals surface area contributed by atoms with E-state index in [-0.39, 0.29) is 0 Å². The Kier molecular flexibility index (Phi) is 2.91. The van der Waals surface area contributed by atoms with Crippen molar-refractivity contribution in [2.24, 2.45) is 7.05 Å². The number of halogens is 1. The van der Waals surface area contributed by atoms with Crippen molar-refractivity contribution < 1.29 is 9.50 Å². The molecule has 2 aromatic rings. The predicted octanol–water partition coefficient (Wildman–Crippen LogP) is 0.625. The molecule has 6 heteroatoms. The van der Waals surface area contributed by atoms with Crippen molar-refractivity contribution in [1.29, 1.82) is 0 Å². The Morgan fingerprint density at radius 2 is 2.31 bits per heavy atom. The quantitative estimate of drug-likeness (QED) is 0.827. The van der Waals surface area contributed by atoms with Crippen molar-refractivity contribution in [3.8, 4) is 0 Å². The van der Waals surface area contributed by atoms with Crippen molar-refractivity contribution in [3.63, 3.8) is 0 Å². The molecule has 0 saturated carbocycles. The van der Waals surface area contributed by atoms with Gasteiger partial charge in [0.25, 0.3) is 0 Å². The lowest BCUT2D eigenvalue weighted by molar-refractivity contribution is 0.176. The van der Waals surface area contributed by atoms with E-state index in [0.717, 1.165) is 6.20 Å². The van der Waals surface area contributed by atoms with E-state index in [1.807, 2.05) is 0 Å². The first-order valence-corrected chi connectivity index (χ1v) is 4.79. The third kappa shape index (κ3) is 2.40.